The van der Waals surface area contributed by atoms with E-state index in [9.17, 15) is 9.59 Å². The zero-order chi connectivity index (χ0) is 17.7. The minimum absolute atomic E-state index is 0.185. The average Bonchev–Trinajstić information content (AvgIpc) is 2.54. The van der Waals surface area contributed by atoms with E-state index in [0.29, 0.717) is 23.8 Å². The van der Waals surface area contributed by atoms with Crippen LogP contribution < -0.4 is 5.32 Å². The van der Waals surface area contributed by atoms with Gasteiger partial charge in [-0.05, 0) is 58.0 Å². The van der Waals surface area contributed by atoms with Gasteiger partial charge in [-0.1, -0.05) is 17.2 Å². The normalized spacial score (nSPS) is 17.3. The molecule has 1 aliphatic heterocycles. The zero-order valence-corrected chi connectivity index (χ0v) is 15.2. The number of thiocarbonyl (C=S) groups is 1. The molecule has 1 aromatic carbocycles. The van der Waals surface area contributed by atoms with Crippen molar-refractivity contribution in [3.05, 3.63) is 34.9 Å². The summed E-state index contributed by atoms with van der Waals surface area (Å²) < 4.78 is 5.09. The van der Waals surface area contributed by atoms with Crippen molar-refractivity contribution in [2.45, 2.75) is 33.6 Å². The van der Waals surface area contributed by atoms with E-state index in [0.717, 1.165) is 30.5 Å². The number of carbonyl (C=O) groups is 2. The second-order valence-electron chi connectivity index (χ2n) is 6.17. The number of rotatable bonds is 3. The van der Waals surface area contributed by atoms with E-state index in [2.05, 4.69) is 5.32 Å². The molecule has 1 aliphatic rings. The van der Waals surface area contributed by atoms with Crippen LogP contribution in [0.2, 0.25) is 0 Å². The van der Waals surface area contributed by atoms with Gasteiger partial charge in [0.05, 0.1) is 12.5 Å². The summed E-state index contributed by atoms with van der Waals surface area (Å²) in [6.45, 7) is 7.32. The van der Waals surface area contributed by atoms with Gasteiger partial charge in [-0.25, -0.2) is 0 Å². The van der Waals surface area contributed by atoms with Crippen LogP contribution in [0.25, 0.3) is 0 Å². The topological polar surface area (TPSA) is 58.6 Å². The number of ether oxygens (including phenoxy) is 1. The second kappa shape index (κ2) is 8.24. The van der Waals surface area contributed by atoms with Gasteiger partial charge in [-0.2, -0.15) is 0 Å². The Morgan fingerprint density at radius 2 is 1.96 bits per heavy atom. The molecule has 5 nitrogen and oxygen atoms in total. The fourth-order valence-electron chi connectivity index (χ4n) is 2.97. The highest BCUT2D eigenvalue weighted by Gasteiger charge is 2.28. The van der Waals surface area contributed by atoms with Crippen LogP contribution in [-0.4, -0.2) is 41.6 Å². The largest absolute Gasteiger partial charge is 0.466 e. The van der Waals surface area contributed by atoms with Crippen molar-refractivity contribution in [3.8, 4) is 0 Å². The summed E-state index contributed by atoms with van der Waals surface area (Å²) >= 11 is 5.36. The Balaban J connectivity index is 1.98. The standard InChI is InChI=1S/C18H24N2O3S/c1-4-23-17(22)14-6-5-7-20(11-14)18(24)19-16(21)15-9-12(2)8-13(3)10-15/h8-10,14H,4-7,11H2,1-3H3,(H,19,21,24). The van der Waals surface area contributed by atoms with Gasteiger partial charge in [0.1, 0.15) is 0 Å². The molecular weight excluding hydrogens is 324 g/mol. The van der Waals surface area contributed by atoms with Crippen molar-refractivity contribution in [3.63, 3.8) is 0 Å². The third-order valence-electron chi connectivity index (χ3n) is 4.03. The van der Waals surface area contributed by atoms with Crippen molar-refractivity contribution in [1.29, 1.82) is 0 Å². The first kappa shape index (κ1) is 18.4. The fourth-order valence-corrected chi connectivity index (χ4v) is 3.23. The molecule has 0 aliphatic carbocycles. The molecule has 1 N–H and O–H groups in total. The molecule has 0 aromatic heterocycles. The lowest BCUT2D eigenvalue weighted by Crippen LogP contribution is -2.48. The molecule has 1 unspecified atom stereocenters. The number of piperidine rings is 1. The van der Waals surface area contributed by atoms with E-state index < -0.39 is 0 Å². The number of hydrogen-bond acceptors (Lipinski definition) is 4. The number of aryl methyl sites for hydroxylation is 2. The van der Waals surface area contributed by atoms with Crippen LogP contribution in [0, 0.1) is 19.8 Å². The van der Waals surface area contributed by atoms with Crippen LogP contribution in [0.15, 0.2) is 18.2 Å². The summed E-state index contributed by atoms with van der Waals surface area (Å²) in [4.78, 5) is 26.2. The molecule has 0 saturated carbocycles. The molecule has 1 heterocycles. The second-order valence-corrected chi connectivity index (χ2v) is 6.56. The van der Waals surface area contributed by atoms with E-state index in [1.165, 1.54) is 0 Å². The van der Waals surface area contributed by atoms with Crippen LogP contribution in [-0.2, 0) is 9.53 Å². The Hall–Kier alpha value is -1.95. The summed E-state index contributed by atoms with van der Waals surface area (Å²) in [5.74, 6) is -0.592. The first-order valence-electron chi connectivity index (χ1n) is 8.26. The Labute approximate surface area is 148 Å². The third-order valence-corrected chi connectivity index (χ3v) is 4.39. The predicted molar refractivity (Wildman–Crippen MR) is 96.9 cm³/mol. The van der Waals surface area contributed by atoms with Crippen LogP contribution in [0.3, 0.4) is 0 Å². The SMILES string of the molecule is CCOC(=O)C1CCCN(C(=S)NC(=O)c2cc(C)cc(C)c2)C1. The molecule has 130 valence electrons. The van der Waals surface area contributed by atoms with E-state index in [-0.39, 0.29) is 17.8 Å². The number of nitrogens with one attached hydrogen (secondary N) is 1. The van der Waals surface area contributed by atoms with Crippen molar-refractivity contribution >= 4 is 29.2 Å². The summed E-state index contributed by atoms with van der Waals surface area (Å²) in [5.41, 5.74) is 2.66. The van der Waals surface area contributed by atoms with E-state index in [1.807, 2.05) is 36.9 Å². The molecule has 1 saturated heterocycles. The first-order valence-corrected chi connectivity index (χ1v) is 8.66. The molecule has 24 heavy (non-hydrogen) atoms. The lowest BCUT2D eigenvalue weighted by molar-refractivity contribution is -0.149. The third kappa shape index (κ3) is 4.77. The maximum absolute atomic E-state index is 12.4. The molecule has 1 fully saturated rings. The molecule has 6 heteroatoms. The van der Waals surface area contributed by atoms with Crippen LogP contribution in [0.5, 0.6) is 0 Å². The van der Waals surface area contributed by atoms with Crippen molar-refractivity contribution in [2.75, 3.05) is 19.7 Å². The predicted octanol–water partition coefficient (Wildman–Crippen LogP) is 2.59. The summed E-state index contributed by atoms with van der Waals surface area (Å²) in [6.07, 6.45) is 1.64. The first-order chi connectivity index (χ1) is 11.4. The van der Waals surface area contributed by atoms with Crippen LogP contribution >= 0.6 is 12.2 Å². The number of carbonyl (C=O) groups excluding carboxylic acids is 2. The lowest BCUT2D eigenvalue weighted by atomic mass is 9.98. The Morgan fingerprint density at radius 3 is 2.58 bits per heavy atom. The number of esters is 1. The molecule has 1 atom stereocenters. The number of hydrogen-bond donors (Lipinski definition) is 1. The van der Waals surface area contributed by atoms with Gasteiger partial charge in [-0.3, -0.25) is 14.9 Å². The molecule has 0 bridgehead atoms. The maximum Gasteiger partial charge on any atom is 0.310 e. The highest BCUT2D eigenvalue weighted by Crippen LogP contribution is 2.18. The maximum atomic E-state index is 12.4. The Morgan fingerprint density at radius 1 is 1.29 bits per heavy atom. The van der Waals surface area contributed by atoms with Crippen LogP contribution in [0.1, 0.15) is 41.3 Å². The van der Waals surface area contributed by atoms with Crippen molar-refractivity contribution in [2.24, 2.45) is 5.92 Å². The molecule has 0 spiro atoms. The lowest BCUT2D eigenvalue weighted by Gasteiger charge is -2.33. The highest BCUT2D eigenvalue weighted by atomic mass is 32.1. The summed E-state index contributed by atoms with van der Waals surface area (Å²) in [5, 5.41) is 3.15. The smallest absolute Gasteiger partial charge is 0.310 e. The summed E-state index contributed by atoms with van der Waals surface area (Å²) in [6, 6.07) is 5.69. The molecule has 2 rings (SSSR count). The van der Waals surface area contributed by atoms with Gasteiger partial charge in [0.15, 0.2) is 5.11 Å². The zero-order valence-electron chi connectivity index (χ0n) is 14.4. The van der Waals surface area contributed by atoms with Gasteiger partial charge >= 0.3 is 5.97 Å². The number of benzene rings is 1. The Bertz CT molecular complexity index is 625. The monoisotopic (exact) mass is 348 g/mol. The molecule has 1 amide bonds. The number of amides is 1. The van der Waals surface area contributed by atoms with Gasteiger partial charge in [0, 0.05) is 18.7 Å². The van der Waals surface area contributed by atoms with Crippen molar-refractivity contribution < 1.29 is 14.3 Å². The quantitative estimate of drug-likeness (QED) is 0.672. The van der Waals surface area contributed by atoms with E-state index in [4.69, 9.17) is 17.0 Å². The van der Waals surface area contributed by atoms with Gasteiger partial charge in [0.25, 0.3) is 5.91 Å². The fraction of sp³-hybridized carbons (Fsp3) is 0.500. The van der Waals surface area contributed by atoms with E-state index >= 15 is 0 Å². The Kier molecular flexibility index (Phi) is 6.31. The number of nitrogens with zero attached hydrogens (tertiary/aromatic N) is 1. The van der Waals surface area contributed by atoms with Crippen molar-refractivity contribution in [1.82, 2.24) is 10.2 Å². The van der Waals surface area contributed by atoms with Gasteiger partial charge < -0.3 is 9.64 Å². The minimum atomic E-state index is -0.218. The van der Waals surface area contributed by atoms with Gasteiger partial charge in [-0.15, -0.1) is 0 Å². The minimum Gasteiger partial charge on any atom is -0.466 e. The number of likely N-dealkylation sites (tertiary alicyclic amines) is 1. The van der Waals surface area contributed by atoms with Gasteiger partial charge in [0.2, 0.25) is 0 Å². The molecule has 1 aromatic rings. The molecular formula is C18H24N2O3S. The summed E-state index contributed by atoms with van der Waals surface area (Å²) in [7, 11) is 0. The average molecular weight is 348 g/mol. The highest BCUT2D eigenvalue weighted by molar-refractivity contribution is 7.80. The molecule has 0 radical (unpaired) electrons. The van der Waals surface area contributed by atoms with Crippen LogP contribution in [0.4, 0.5) is 0 Å². The van der Waals surface area contributed by atoms with E-state index in [1.54, 1.807) is 6.92 Å².